The molecular weight excluding hydrogens is 660 g/mol. The highest BCUT2D eigenvalue weighted by Gasteiger charge is 2.21. The predicted octanol–water partition coefficient (Wildman–Crippen LogP) is 2.67. The Kier molecular flexibility index (Phi) is 13.7. The van der Waals surface area contributed by atoms with Crippen molar-refractivity contribution in [2.75, 3.05) is 25.1 Å². The van der Waals surface area contributed by atoms with Crippen molar-refractivity contribution in [3.05, 3.63) is 30.4 Å². The van der Waals surface area contributed by atoms with Gasteiger partial charge in [0.2, 0.25) is 0 Å². The molecule has 0 radical (unpaired) electrons. The van der Waals surface area contributed by atoms with Gasteiger partial charge in [0.1, 0.15) is 5.45 Å². The van der Waals surface area contributed by atoms with E-state index < -0.39 is 30.4 Å². The Balaban J connectivity index is 0. The standard InChI is InChI=1S/C7H17BrN.C6F4I2.BrH/c1-4-9(5-2,6-3)7-8;7-1-2(8)6(12)4(10)3(9)5(1)11;/h4-7H2,1-3H3;;1H/q+1;;/p-1. The number of benzene rings is 1. The van der Waals surface area contributed by atoms with Crippen LogP contribution in [0.4, 0.5) is 17.6 Å². The molecule has 1 rings (SSSR count). The molecule has 130 valence electrons. The highest BCUT2D eigenvalue weighted by atomic mass is 127. The lowest BCUT2D eigenvalue weighted by molar-refractivity contribution is -0.910. The minimum absolute atomic E-state index is 0. The second-order valence-corrected chi connectivity index (χ2v) is 6.95. The Morgan fingerprint density at radius 2 is 1.00 bits per heavy atom. The average molecular weight is 677 g/mol. The number of halogens is 8. The highest BCUT2D eigenvalue weighted by Crippen LogP contribution is 2.25. The van der Waals surface area contributed by atoms with Gasteiger partial charge >= 0.3 is 0 Å². The van der Waals surface area contributed by atoms with Gasteiger partial charge in [-0.1, -0.05) is 0 Å². The fourth-order valence-corrected chi connectivity index (χ4v) is 3.51. The summed E-state index contributed by atoms with van der Waals surface area (Å²) < 4.78 is 50.4. The van der Waals surface area contributed by atoms with Crippen LogP contribution in [0, 0.1) is 30.4 Å². The van der Waals surface area contributed by atoms with Crippen LogP contribution in [0.25, 0.3) is 0 Å². The van der Waals surface area contributed by atoms with Crippen molar-refractivity contribution >= 4 is 61.1 Å². The van der Waals surface area contributed by atoms with Crippen LogP contribution in [0.1, 0.15) is 20.8 Å². The minimum atomic E-state index is -1.35. The Morgan fingerprint density at radius 3 is 1.09 bits per heavy atom. The van der Waals surface area contributed by atoms with E-state index in [1.807, 2.05) is 0 Å². The Labute approximate surface area is 175 Å². The number of rotatable bonds is 4. The molecule has 0 unspecified atom stereocenters. The van der Waals surface area contributed by atoms with Crippen molar-refractivity contribution in [2.45, 2.75) is 20.8 Å². The molecule has 1 aromatic carbocycles. The number of quaternary nitrogens is 1. The fraction of sp³-hybridized carbons (Fsp3) is 0.538. The smallest absolute Gasteiger partial charge is 0.176 e. The summed E-state index contributed by atoms with van der Waals surface area (Å²) in [5, 5.41) is 0. The molecule has 0 fully saturated rings. The third-order valence-corrected chi connectivity index (χ3v) is 6.38. The average Bonchev–Trinajstić information content (AvgIpc) is 2.52. The Hall–Kier alpha value is 1.32. The first-order valence-electron chi connectivity index (χ1n) is 6.29. The molecule has 0 aromatic heterocycles. The second kappa shape index (κ2) is 11.8. The normalized spacial score (nSPS) is 10.6. The molecule has 0 saturated heterocycles. The molecule has 0 aliphatic carbocycles. The molecule has 0 amide bonds. The maximum Gasteiger partial charge on any atom is 0.176 e. The van der Waals surface area contributed by atoms with E-state index in [0.29, 0.717) is 0 Å². The van der Waals surface area contributed by atoms with Crippen molar-refractivity contribution < 1.29 is 39.0 Å². The molecular formula is C13H17Br2F4I2N. The SMILES string of the molecule is CC[N+](CC)(CC)CBr.Fc1c(F)c(I)c(F)c(F)c1I.[Br-]. The summed E-state index contributed by atoms with van der Waals surface area (Å²) in [7, 11) is 0. The summed E-state index contributed by atoms with van der Waals surface area (Å²) in [4.78, 5) is 0. The molecule has 0 bridgehead atoms. The largest absolute Gasteiger partial charge is 1.00 e. The van der Waals surface area contributed by atoms with Crippen LogP contribution < -0.4 is 17.0 Å². The quantitative estimate of drug-likeness (QED) is 0.0876. The monoisotopic (exact) mass is 675 g/mol. The molecule has 1 nitrogen and oxygen atoms in total. The Bertz CT molecular complexity index is 363. The summed E-state index contributed by atoms with van der Waals surface area (Å²) in [6, 6.07) is 0. The van der Waals surface area contributed by atoms with E-state index in [2.05, 4.69) is 36.7 Å². The Morgan fingerprint density at radius 1 is 0.773 bits per heavy atom. The van der Waals surface area contributed by atoms with E-state index in [1.54, 1.807) is 0 Å². The zero-order valence-electron chi connectivity index (χ0n) is 12.3. The summed E-state index contributed by atoms with van der Waals surface area (Å²) in [5.41, 5.74) is 1.09. The minimum Gasteiger partial charge on any atom is -1.00 e. The van der Waals surface area contributed by atoms with Gasteiger partial charge < -0.3 is 21.5 Å². The zero-order valence-corrected chi connectivity index (χ0v) is 19.8. The van der Waals surface area contributed by atoms with Crippen molar-refractivity contribution in [1.82, 2.24) is 0 Å². The first-order valence-corrected chi connectivity index (χ1v) is 9.57. The van der Waals surface area contributed by atoms with Gasteiger partial charge in [0, 0.05) is 0 Å². The molecule has 0 aliphatic rings. The van der Waals surface area contributed by atoms with E-state index in [0.717, 1.165) is 5.45 Å². The number of alkyl halides is 1. The van der Waals surface area contributed by atoms with Crippen LogP contribution >= 0.6 is 61.1 Å². The van der Waals surface area contributed by atoms with E-state index >= 15 is 0 Å². The van der Waals surface area contributed by atoms with Gasteiger partial charge in [0.05, 0.1) is 26.8 Å². The van der Waals surface area contributed by atoms with Crippen LogP contribution in [-0.4, -0.2) is 29.6 Å². The maximum absolute atomic E-state index is 12.6. The van der Waals surface area contributed by atoms with Crippen molar-refractivity contribution in [3.63, 3.8) is 0 Å². The van der Waals surface area contributed by atoms with E-state index in [4.69, 9.17) is 0 Å². The molecule has 0 atom stereocenters. The molecule has 0 aliphatic heterocycles. The molecule has 0 heterocycles. The van der Waals surface area contributed by atoms with Gasteiger partial charge in [-0.15, -0.1) is 0 Å². The van der Waals surface area contributed by atoms with Crippen LogP contribution in [0.5, 0.6) is 0 Å². The summed E-state index contributed by atoms with van der Waals surface area (Å²) >= 11 is 5.93. The van der Waals surface area contributed by atoms with Gasteiger partial charge in [-0.3, -0.25) is 0 Å². The summed E-state index contributed by atoms with van der Waals surface area (Å²) in [5.74, 6) is -5.39. The highest BCUT2D eigenvalue weighted by molar-refractivity contribution is 14.1. The van der Waals surface area contributed by atoms with Crippen LogP contribution in [0.2, 0.25) is 0 Å². The lowest BCUT2D eigenvalue weighted by Gasteiger charge is -2.33. The predicted molar refractivity (Wildman–Crippen MR) is 97.4 cm³/mol. The zero-order chi connectivity index (χ0) is 16.8. The van der Waals surface area contributed by atoms with Crippen LogP contribution in [0.3, 0.4) is 0 Å². The van der Waals surface area contributed by atoms with Gasteiger partial charge in [-0.2, -0.15) is 0 Å². The summed E-state index contributed by atoms with van der Waals surface area (Å²) in [6.45, 7) is 10.4. The van der Waals surface area contributed by atoms with E-state index in [9.17, 15) is 17.6 Å². The molecule has 1 aromatic rings. The number of nitrogens with zero attached hydrogens (tertiary/aromatic N) is 1. The summed E-state index contributed by atoms with van der Waals surface area (Å²) in [6.07, 6.45) is 0. The van der Waals surface area contributed by atoms with Crippen molar-refractivity contribution in [3.8, 4) is 0 Å². The first kappa shape index (κ1) is 25.6. The third-order valence-electron chi connectivity index (χ3n) is 3.42. The topological polar surface area (TPSA) is 0 Å². The molecule has 0 spiro atoms. The number of hydrogen-bond acceptors (Lipinski definition) is 0. The van der Waals surface area contributed by atoms with E-state index in [1.165, 1.54) is 69.3 Å². The first-order chi connectivity index (χ1) is 9.71. The van der Waals surface area contributed by atoms with Gasteiger partial charge in [0.15, 0.2) is 23.3 Å². The molecule has 9 heteroatoms. The van der Waals surface area contributed by atoms with Crippen molar-refractivity contribution in [1.29, 1.82) is 0 Å². The lowest BCUT2D eigenvalue weighted by atomic mass is 10.3. The van der Waals surface area contributed by atoms with Gasteiger partial charge in [-0.05, 0) is 81.9 Å². The number of hydrogen-bond donors (Lipinski definition) is 0. The second-order valence-electron chi connectivity index (χ2n) is 4.29. The maximum atomic E-state index is 12.6. The van der Waals surface area contributed by atoms with Gasteiger partial charge in [-0.25, -0.2) is 17.6 Å². The third kappa shape index (κ3) is 6.32. The fourth-order valence-electron chi connectivity index (χ4n) is 1.50. The molecule has 0 N–H and O–H groups in total. The molecule has 22 heavy (non-hydrogen) atoms. The van der Waals surface area contributed by atoms with Crippen LogP contribution in [-0.2, 0) is 0 Å². The van der Waals surface area contributed by atoms with Gasteiger partial charge in [0.25, 0.3) is 0 Å². The molecule has 0 saturated carbocycles. The van der Waals surface area contributed by atoms with Crippen LogP contribution in [0.15, 0.2) is 0 Å². The van der Waals surface area contributed by atoms with Crippen molar-refractivity contribution in [2.24, 2.45) is 0 Å². The van der Waals surface area contributed by atoms with E-state index in [-0.39, 0.29) is 17.0 Å². The lowest BCUT2D eigenvalue weighted by Crippen LogP contribution is -3.00.